The monoisotopic (exact) mass is 343 g/mol. The van der Waals surface area contributed by atoms with E-state index >= 15 is 0 Å². The summed E-state index contributed by atoms with van der Waals surface area (Å²) in [4.78, 5) is 20.7. The Morgan fingerprint density at radius 3 is 2.92 bits per heavy atom. The third-order valence-corrected chi connectivity index (χ3v) is 4.34. The van der Waals surface area contributed by atoms with E-state index in [0.717, 1.165) is 23.7 Å². The van der Waals surface area contributed by atoms with Crippen molar-refractivity contribution in [1.82, 2.24) is 20.1 Å². The number of ether oxygens (including phenoxy) is 1. The number of nitrogens with one attached hydrogen (secondary N) is 1. The average Bonchev–Trinajstić information content (AvgIpc) is 3.24. The van der Waals surface area contributed by atoms with Gasteiger partial charge in [0.25, 0.3) is 5.91 Å². The average molecular weight is 343 g/mol. The van der Waals surface area contributed by atoms with Crippen LogP contribution in [0.2, 0.25) is 0 Å². The molecule has 0 bridgehead atoms. The topological polar surface area (TPSA) is 74.4 Å². The number of aromatic amines is 1. The lowest BCUT2D eigenvalue weighted by Gasteiger charge is -2.20. The van der Waals surface area contributed by atoms with Gasteiger partial charge in [-0.15, -0.1) is 0 Å². The first kappa shape index (κ1) is 17.3. The number of hydrogen-bond donors (Lipinski definition) is 1. The largest absolute Gasteiger partial charge is 0.485 e. The minimum atomic E-state index is -0.0479. The molecule has 1 atom stereocenters. The molecule has 25 heavy (non-hydrogen) atoms. The van der Waals surface area contributed by atoms with Gasteiger partial charge >= 0.3 is 0 Å². The maximum absolute atomic E-state index is 12.6. The first-order valence-corrected chi connectivity index (χ1v) is 8.59. The van der Waals surface area contributed by atoms with Gasteiger partial charge in [-0.3, -0.25) is 9.89 Å². The Labute approximate surface area is 148 Å². The summed E-state index contributed by atoms with van der Waals surface area (Å²) in [6.45, 7) is 5.37. The predicted molar refractivity (Wildman–Crippen MR) is 96.2 cm³/mol. The molecule has 7 heteroatoms. The molecule has 1 fully saturated rings. The maximum atomic E-state index is 12.6. The van der Waals surface area contributed by atoms with E-state index in [1.807, 2.05) is 37.2 Å². The maximum Gasteiger partial charge on any atom is 0.274 e. The van der Waals surface area contributed by atoms with Crippen molar-refractivity contribution in [2.45, 2.75) is 32.3 Å². The summed E-state index contributed by atoms with van der Waals surface area (Å²) in [7, 11) is 3.87. The lowest BCUT2D eigenvalue weighted by atomic mass is 10.1. The smallest absolute Gasteiger partial charge is 0.274 e. The van der Waals surface area contributed by atoms with Crippen molar-refractivity contribution in [3.8, 4) is 5.75 Å². The fraction of sp³-hybridized carbons (Fsp3) is 0.500. The van der Waals surface area contributed by atoms with Crippen LogP contribution in [0.5, 0.6) is 5.75 Å². The number of amides is 1. The number of rotatable bonds is 5. The first-order chi connectivity index (χ1) is 12.0. The summed E-state index contributed by atoms with van der Waals surface area (Å²) in [5.74, 6) is 1.81. The number of aromatic nitrogens is 3. The molecule has 0 radical (unpaired) electrons. The van der Waals surface area contributed by atoms with Crippen molar-refractivity contribution in [2.75, 3.05) is 32.1 Å². The zero-order valence-electron chi connectivity index (χ0n) is 15.2. The molecule has 0 spiro atoms. The molecule has 3 rings (SSSR count). The molecular weight excluding hydrogens is 318 g/mol. The van der Waals surface area contributed by atoms with Crippen LogP contribution in [-0.4, -0.2) is 59.3 Å². The zero-order valence-corrected chi connectivity index (χ0v) is 15.2. The van der Waals surface area contributed by atoms with Gasteiger partial charge in [0.2, 0.25) is 0 Å². The SMILES string of the molecule is CC(C)c1cc(C(=O)N2CC[C@@H](Oc3cccnc3N(C)C)C2)n[nH]1. The molecule has 3 heterocycles. The highest BCUT2D eigenvalue weighted by Gasteiger charge is 2.30. The van der Waals surface area contributed by atoms with Crippen LogP contribution in [0.4, 0.5) is 5.82 Å². The highest BCUT2D eigenvalue weighted by atomic mass is 16.5. The van der Waals surface area contributed by atoms with Crippen LogP contribution in [0, 0.1) is 0 Å². The van der Waals surface area contributed by atoms with Crippen LogP contribution in [-0.2, 0) is 0 Å². The zero-order chi connectivity index (χ0) is 18.0. The molecule has 1 amide bonds. The molecule has 0 unspecified atom stereocenters. The third-order valence-electron chi connectivity index (χ3n) is 4.34. The second kappa shape index (κ2) is 7.13. The second-order valence-corrected chi connectivity index (χ2v) is 6.86. The normalized spacial score (nSPS) is 17.2. The van der Waals surface area contributed by atoms with Crippen LogP contribution < -0.4 is 9.64 Å². The van der Waals surface area contributed by atoms with Gasteiger partial charge < -0.3 is 14.5 Å². The Hall–Kier alpha value is -2.57. The van der Waals surface area contributed by atoms with Crippen molar-refractivity contribution < 1.29 is 9.53 Å². The van der Waals surface area contributed by atoms with E-state index in [2.05, 4.69) is 29.0 Å². The lowest BCUT2D eigenvalue weighted by molar-refractivity contribution is 0.0766. The van der Waals surface area contributed by atoms with E-state index in [0.29, 0.717) is 24.7 Å². The Morgan fingerprint density at radius 1 is 1.44 bits per heavy atom. The molecule has 1 aliphatic heterocycles. The molecule has 0 aliphatic carbocycles. The van der Waals surface area contributed by atoms with E-state index < -0.39 is 0 Å². The minimum Gasteiger partial charge on any atom is -0.485 e. The van der Waals surface area contributed by atoms with Crippen molar-refractivity contribution in [3.05, 3.63) is 35.8 Å². The van der Waals surface area contributed by atoms with E-state index in [9.17, 15) is 4.79 Å². The van der Waals surface area contributed by atoms with Gasteiger partial charge in [-0.25, -0.2) is 4.98 Å². The van der Waals surface area contributed by atoms with Crippen LogP contribution in [0.1, 0.15) is 42.4 Å². The van der Waals surface area contributed by atoms with Gasteiger partial charge in [0.15, 0.2) is 11.6 Å². The van der Waals surface area contributed by atoms with Crippen LogP contribution >= 0.6 is 0 Å². The van der Waals surface area contributed by atoms with E-state index in [1.165, 1.54) is 0 Å². The standard InChI is InChI=1S/C18H25N5O2/c1-12(2)14-10-15(21-20-14)18(24)23-9-7-13(11-23)25-16-6-5-8-19-17(16)22(3)4/h5-6,8,10,12-13H,7,9,11H2,1-4H3,(H,20,21)/t13-/m1/s1. The Bertz CT molecular complexity index is 741. The molecule has 2 aromatic heterocycles. The number of carbonyl (C=O) groups is 1. The van der Waals surface area contributed by atoms with Gasteiger partial charge in [0.1, 0.15) is 11.8 Å². The van der Waals surface area contributed by atoms with Gasteiger partial charge in [-0.05, 0) is 24.1 Å². The second-order valence-electron chi connectivity index (χ2n) is 6.86. The van der Waals surface area contributed by atoms with Crippen molar-refractivity contribution in [1.29, 1.82) is 0 Å². The summed E-state index contributed by atoms with van der Waals surface area (Å²) < 4.78 is 6.10. The van der Waals surface area contributed by atoms with Gasteiger partial charge in [0.05, 0.1) is 6.54 Å². The van der Waals surface area contributed by atoms with Crippen molar-refractivity contribution >= 4 is 11.7 Å². The Balaban J connectivity index is 1.64. The summed E-state index contributed by atoms with van der Waals surface area (Å²) in [5.41, 5.74) is 1.45. The molecule has 2 aromatic rings. The lowest BCUT2D eigenvalue weighted by Crippen LogP contribution is -2.31. The number of likely N-dealkylation sites (tertiary alicyclic amines) is 1. The summed E-state index contributed by atoms with van der Waals surface area (Å²) >= 11 is 0. The van der Waals surface area contributed by atoms with Crippen LogP contribution in [0.3, 0.4) is 0 Å². The van der Waals surface area contributed by atoms with E-state index in [4.69, 9.17) is 4.74 Å². The fourth-order valence-electron chi connectivity index (χ4n) is 2.90. The first-order valence-electron chi connectivity index (χ1n) is 8.59. The van der Waals surface area contributed by atoms with Crippen molar-refractivity contribution in [3.63, 3.8) is 0 Å². The molecule has 134 valence electrons. The summed E-state index contributed by atoms with van der Waals surface area (Å²) in [6.07, 6.45) is 2.52. The van der Waals surface area contributed by atoms with E-state index in [1.54, 1.807) is 11.1 Å². The van der Waals surface area contributed by atoms with Gasteiger partial charge in [0, 0.05) is 39.0 Å². The summed E-state index contributed by atoms with van der Waals surface area (Å²) in [5, 5.41) is 7.09. The molecular formula is C18H25N5O2. The highest BCUT2D eigenvalue weighted by Crippen LogP contribution is 2.27. The number of nitrogens with zero attached hydrogens (tertiary/aromatic N) is 4. The minimum absolute atomic E-state index is 0.0321. The molecule has 7 nitrogen and oxygen atoms in total. The molecule has 1 saturated heterocycles. The number of hydrogen-bond acceptors (Lipinski definition) is 5. The molecule has 1 N–H and O–H groups in total. The van der Waals surface area contributed by atoms with Gasteiger partial charge in [-0.1, -0.05) is 13.8 Å². The van der Waals surface area contributed by atoms with Gasteiger partial charge in [-0.2, -0.15) is 5.10 Å². The van der Waals surface area contributed by atoms with Crippen molar-refractivity contribution in [2.24, 2.45) is 0 Å². The number of pyridine rings is 1. The Kier molecular flexibility index (Phi) is 4.92. The van der Waals surface area contributed by atoms with Crippen LogP contribution in [0.15, 0.2) is 24.4 Å². The highest BCUT2D eigenvalue weighted by molar-refractivity contribution is 5.92. The molecule has 0 aromatic carbocycles. The fourth-order valence-corrected chi connectivity index (χ4v) is 2.90. The molecule has 1 aliphatic rings. The predicted octanol–water partition coefficient (Wildman–Crippen LogP) is 2.29. The van der Waals surface area contributed by atoms with Crippen LogP contribution in [0.25, 0.3) is 0 Å². The quantitative estimate of drug-likeness (QED) is 0.901. The number of carbonyl (C=O) groups excluding carboxylic acids is 1. The number of anilines is 1. The summed E-state index contributed by atoms with van der Waals surface area (Å²) in [6, 6.07) is 5.61. The van der Waals surface area contributed by atoms with E-state index in [-0.39, 0.29) is 12.0 Å². The molecule has 0 saturated carbocycles. The Morgan fingerprint density at radius 2 is 2.24 bits per heavy atom. The number of H-pyrrole nitrogens is 1. The third kappa shape index (κ3) is 3.75.